The molecule has 1 aromatic carbocycles. The number of aliphatic hydroxyl groups excluding tert-OH is 1. The van der Waals surface area contributed by atoms with Gasteiger partial charge in [-0.3, -0.25) is 4.99 Å². The third kappa shape index (κ3) is 3.37. The molecule has 1 aliphatic rings. The van der Waals surface area contributed by atoms with Gasteiger partial charge in [-0.25, -0.2) is 18.0 Å². The van der Waals surface area contributed by atoms with E-state index in [2.05, 4.69) is 4.99 Å². The highest BCUT2D eigenvalue weighted by molar-refractivity contribution is 6.15. The van der Waals surface area contributed by atoms with Crippen LogP contribution in [0, 0.1) is 11.6 Å². The number of halogens is 3. The van der Waals surface area contributed by atoms with E-state index >= 15 is 0 Å². The lowest BCUT2D eigenvalue weighted by Gasteiger charge is -2.14. The number of nitrogens with two attached hydrogens (primary N) is 1. The van der Waals surface area contributed by atoms with Crippen molar-refractivity contribution in [3.05, 3.63) is 34.4 Å². The Balaban J connectivity index is 2.72. The number of anilines is 1. The number of rotatable bonds is 3. The second-order valence-electron chi connectivity index (χ2n) is 5.23. The number of alkyl halides is 1. The van der Waals surface area contributed by atoms with Crippen LogP contribution in [0.5, 0.6) is 0 Å². The highest BCUT2D eigenvalue weighted by Gasteiger charge is 2.26. The molecule has 0 bridgehead atoms. The number of carbonyl (C=O) groups is 1. The van der Waals surface area contributed by atoms with Gasteiger partial charge in [0.1, 0.15) is 18.0 Å². The second kappa shape index (κ2) is 7.37. The van der Waals surface area contributed by atoms with Crippen molar-refractivity contribution >= 4 is 23.6 Å². The van der Waals surface area contributed by atoms with Crippen molar-refractivity contribution in [1.29, 1.82) is 0 Å². The van der Waals surface area contributed by atoms with E-state index < -0.39 is 47.3 Å². The minimum Gasteiger partial charge on any atom is -0.506 e. The number of aryl methyl sites for hydroxylation is 1. The molecule has 0 saturated carbocycles. The highest BCUT2D eigenvalue weighted by Crippen LogP contribution is 2.32. The average molecular weight is 342 g/mol. The summed E-state index contributed by atoms with van der Waals surface area (Å²) in [5.41, 5.74) is 4.53. The van der Waals surface area contributed by atoms with Crippen molar-refractivity contribution in [1.82, 2.24) is 0 Å². The Morgan fingerprint density at radius 3 is 2.83 bits per heavy atom. The summed E-state index contributed by atoms with van der Waals surface area (Å²) in [6.45, 7) is 0.779. The van der Waals surface area contributed by atoms with Gasteiger partial charge in [-0.1, -0.05) is 0 Å². The Hall–Kier alpha value is -2.51. The minimum absolute atomic E-state index is 0.0239. The lowest BCUT2D eigenvalue weighted by Crippen LogP contribution is -2.13. The fourth-order valence-electron chi connectivity index (χ4n) is 2.42. The van der Waals surface area contributed by atoms with Crippen LogP contribution < -0.4 is 5.73 Å². The predicted octanol–water partition coefficient (Wildman–Crippen LogP) is 2.73. The maximum absolute atomic E-state index is 13.8. The van der Waals surface area contributed by atoms with E-state index in [1.807, 2.05) is 0 Å². The van der Waals surface area contributed by atoms with Gasteiger partial charge in [0.15, 0.2) is 11.6 Å². The van der Waals surface area contributed by atoms with Crippen LogP contribution >= 0.6 is 0 Å². The van der Waals surface area contributed by atoms with Crippen molar-refractivity contribution in [2.24, 2.45) is 4.99 Å². The summed E-state index contributed by atoms with van der Waals surface area (Å²) in [6.07, 6.45) is 1.25. The Kier molecular flexibility index (Phi) is 5.48. The van der Waals surface area contributed by atoms with E-state index in [9.17, 15) is 23.1 Å². The molecule has 1 heterocycles. The Bertz CT molecular complexity index is 717. The van der Waals surface area contributed by atoms with Gasteiger partial charge < -0.3 is 15.6 Å². The lowest BCUT2D eigenvalue weighted by molar-refractivity contribution is -0.137. The van der Waals surface area contributed by atoms with Gasteiger partial charge >= 0.3 is 5.97 Å². The molecule has 1 unspecified atom stereocenters. The molecule has 130 valence electrons. The summed E-state index contributed by atoms with van der Waals surface area (Å²) >= 11 is 0. The number of ether oxygens (including phenoxy) is 1. The summed E-state index contributed by atoms with van der Waals surface area (Å²) in [5, 5.41) is 10.4. The minimum atomic E-state index is -1.33. The first kappa shape index (κ1) is 17.8. The zero-order chi connectivity index (χ0) is 17.9. The molecule has 0 radical (unpaired) electrons. The van der Waals surface area contributed by atoms with E-state index in [1.165, 1.54) is 0 Å². The number of hydrogen-bond acceptors (Lipinski definition) is 5. The Morgan fingerprint density at radius 1 is 1.50 bits per heavy atom. The molecule has 0 amide bonds. The molecule has 0 aliphatic carbocycles. The van der Waals surface area contributed by atoms with E-state index in [4.69, 9.17) is 10.5 Å². The molecule has 3 N–H and O–H groups in total. The fourth-order valence-corrected chi connectivity index (χ4v) is 2.42. The maximum Gasteiger partial charge on any atom is 0.343 e. The number of esters is 1. The van der Waals surface area contributed by atoms with Crippen molar-refractivity contribution in [2.75, 3.05) is 19.0 Å². The number of nitrogens with zero attached hydrogens (tertiary/aromatic N) is 1. The first-order valence-corrected chi connectivity index (χ1v) is 7.36. The van der Waals surface area contributed by atoms with Crippen LogP contribution in [0.4, 0.5) is 18.9 Å². The van der Waals surface area contributed by atoms with E-state index in [1.54, 1.807) is 6.92 Å². The molecular formula is C16H17F3N2O3. The quantitative estimate of drug-likeness (QED) is 0.653. The molecule has 0 spiro atoms. The van der Waals surface area contributed by atoms with Crippen molar-refractivity contribution in [2.45, 2.75) is 25.8 Å². The number of carbonyl (C=O) groups excluding carboxylic acids is 1. The smallest absolute Gasteiger partial charge is 0.343 e. The first-order valence-electron chi connectivity index (χ1n) is 7.36. The van der Waals surface area contributed by atoms with E-state index in [0.717, 1.165) is 12.3 Å². The Labute approximate surface area is 136 Å². The van der Waals surface area contributed by atoms with Gasteiger partial charge in [-0.2, -0.15) is 0 Å². The van der Waals surface area contributed by atoms with Gasteiger partial charge in [0.05, 0.1) is 18.3 Å². The molecule has 1 aliphatic heterocycles. The van der Waals surface area contributed by atoms with E-state index in [0.29, 0.717) is 0 Å². The van der Waals surface area contributed by atoms with Crippen LogP contribution in [-0.4, -0.2) is 36.6 Å². The fraction of sp³-hybridized carbons (Fsp3) is 0.375. The largest absolute Gasteiger partial charge is 0.506 e. The van der Waals surface area contributed by atoms with Crippen LogP contribution in [0.1, 0.15) is 24.5 Å². The van der Waals surface area contributed by atoms with Gasteiger partial charge in [-0.15, -0.1) is 0 Å². The number of fused-ring (bicyclic) bond motifs is 1. The molecule has 24 heavy (non-hydrogen) atoms. The van der Waals surface area contributed by atoms with Crippen LogP contribution in [0.15, 0.2) is 16.6 Å². The topological polar surface area (TPSA) is 84.9 Å². The van der Waals surface area contributed by atoms with Crippen molar-refractivity contribution in [3.8, 4) is 0 Å². The molecule has 1 atom stereocenters. The molecule has 1 aromatic rings. The number of aliphatic hydroxyl groups is 1. The van der Waals surface area contributed by atoms with Gasteiger partial charge in [0.25, 0.3) is 0 Å². The number of nitrogen functional groups attached to an aromatic ring is 1. The summed E-state index contributed by atoms with van der Waals surface area (Å²) < 4.78 is 45.3. The zero-order valence-electron chi connectivity index (χ0n) is 13.0. The molecule has 5 nitrogen and oxygen atoms in total. The molecule has 0 saturated heterocycles. The SMILES string of the molecule is CCOC(=O)C1=C(O)c2c(cc(F)c(F)c2N)CCC(CF)N=C1. The predicted molar refractivity (Wildman–Crippen MR) is 83.5 cm³/mol. The van der Waals surface area contributed by atoms with Gasteiger partial charge in [0, 0.05) is 11.8 Å². The third-order valence-corrected chi connectivity index (χ3v) is 3.66. The van der Waals surface area contributed by atoms with Crippen LogP contribution in [0.3, 0.4) is 0 Å². The highest BCUT2D eigenvalue weighted by atomic mass is 19.2. The summed E-state index contributed by atoms with van der Waals surface area (Å²) in [7, 11) is 0. The monoisotopic (exact) mass is 342 g/mol. The summed E-state index contributed by atoms with van der Waals surface area (Å²) in [5.74, 6) is -4.12. The molecular weight excluding hydrogens is 325 g/mol. The molecule has 8 heteroatoms. The van der Waals surface area contributed by atoms with Crippen LogP contribution in [0.25, 0.3) is 5.76 Å². The van der Waals surface area contributed by atoms with Gasteiger partial charge in [0.2, 0.25) is 0 Å². The normalized spacial score (nSPS) is 17.8. The average Bonchev–Trinajstić information content (AvgIpc) is 2.61. The standard InChI is InChI=1S/C16H17F3N2O3/c1-2-24-16(23)10-7-21-9(6-17)4-3-8-5-11(18)13(19)14(20)12(8)15(10)22/h5,7,9,22H,2-4,6,20H2,1H3. The number of hydrogen-bond donors (Lipinski definition) is 2. The second-order valence-corrected chi connectivity index (χ2v) is 5.23. The molecule has 2 rings (SSSR count). The van der Waals surface area contributed by atoms with Crippen molar-refractivity contribution in [3.63, 3.8) is 0 Å². The lowest BCUT2D eigenvalue weighted by atomic mass is 9.96. The maximum atomic E-state index is 13.8. The first-order chi connectivity index (χ1) is 11.4. The third-order valence-electron chi connectivity index (χ3n) is 3.66. The summed E-state index contributed by atoms with van der Waals surface area (Å²) in [6, 6.07) is 0.0863. The molecule has 0 aromatic heterocycles. The Morgan fingerprint density at radius 2 is 2.21 bits per heavy atom. The van der Waals surface area contributed by atoms with Crippen molar-refractivity contribution < 1.29 is 27.8 Å². The zero-order valence-corrected chi connectivity index (χ0v) is 13.0. The summed E-state index contributed by atoms with van der Waals surface area (Å²) in [4.78, 5) is 15.9. The van der Waals surface area contributed by atoms with E-state index in [-0.39, 0.29) is 30.6 Å². The van der Waals surface area contributed by atoms with Crippen LogP contribution in [0.2, 0.25) is 0 Å². The van der Waals surface area contributed by atoms with Gasteiger partial charge in [-0.05, 0) is 31.4 Å². The molecule has 0 fully saturated rings. The number of aliphatic imine (C=N–C) groups is 1. The van der Waals surface area contributed by atoms with Crippen LogP contribution in [-0.2, 0) is 16.0 Å². The number of benzene rings is 1.